The summed E-state index contributed by atoms with van der Waals surface area (Å²) in [6.07, 6.45) is 3.25. The van der Waals surface area contributed by atoms with Gasteiger partial charge in [0, 0.05) is 11.6 Å². The van der Waals surface area contributed by atoms with Crippen LogP contribution in [0.3, 0.4) is 0 Å². The monoisotopic (exact) mass is 277 g/mol. The molecule has 1 atom stereocenters. The van der Waals surface area contributed by atoms with Crippen LogP contribution in [-0.4, -0.2) is 30.1 Å². The van der Waals surface area contributed by atoms with Crippen LogP contribution in [0.1, 0.15) is 24.5 Å². The van der Waals surface area contributed by atoms with Gasteiger partial charge in [0.15, 0.2) is 0 Å². The van der Waals surface area contributed by atoms with E-state index in [1.165, 1.54) is 6.08 Å². The number of aryl methyl sites for hydroxylation is 1. The van der Waals surface area contributed by atoms with E-state index in [0.717, 1.165) is 11.1 Å². The predicted octanol–water partition coefficient (Wildman–Crippen LogP) is 2.00. The van der Waals surface area contributed by atoms with Crippen LogP contribution >= 0.6 is 0 Å². The Morgan fingerprint density at radius 1 is 1.45 bits per heavy atom. The van der Waals surface area contributed by atoms with Crippen molar-refractivity contribution in [3.8, 4) is 5.75 Å². The Morgan fingerprint density at radius 3 is 2.70 bits per heavy atom. The Labute approximate surface area is 118 Å². The lowest BCUT2D eigenvalue weighted by Crippen LogP contribution is -2.39. The number of ether oxygens (including phenoxy) is 1. The largest absolute Gasteiger partial charge is 0.496 e. The van der Waals surface area contributed by atoms with E-state index >= 15 is 0 Å². The van der Waals surface area contributed by atoms with E-state index in [-0.39, 0.29) is 0 Å². The SMILES string of the molecule is CC[C@@H](NC(=O)C=Cc1cc(C)ccc1OC)C(=O)O. The lowest BCUT2D eigenvalue weighted by Gasteiger charge is -2.10. The molecule has 0 unspecified atom stereocenters. The third kappa shape index (κ3) is 4.42. The van der Waals surface area contributed by atoms with Crippen molar-refractivity contribution in [3.05, 3.63) is 35.4 Å². The molecule has 0 heterocycles. The van der Waals surface area contributed by atoms with Gasteiger partial charge < -0.3 is 15.2 Å². The molecule has 0 saturated carbocycles. The highest BCUT2D eigenvalue weighted by Crippen LogP contribution is 2.20. The van der Waals surface area contributed by atoms with Gasteiger partial charge in [-0.25, -0.2) is 4.79 Å². The Balaban J connectivity index is 2.79. The average molecular weight is 277 g/mol. The normalized spacial score (nSPS) is 12.2. The summed E-state index contributed by atoms with van der Waals surface area (Å²) in [7, 11) is 1.56. The third-order valence-electron chi connectivity index (χ3n) is 2.82. The van der Waals surface area contributed by atoms with Gasteiger partial charge >= 0.3 is 5.97 Å². The van der Waals surface area contributed by atoms with Gasteiger partial charge in [-0.2, -0.15) is 0 Å². The second kappa shape index (κ2) is 7.33. The quantitative estimate of drug-likeness (QED) is 0.780. The highest BCUT2D eigenvalue weighted by atomic mass is 16.5. The highest BCUT2D eigenvalue weighted by Gasteiger charge is 2.15. The predicted molar refractivity (Wildman–Crippen MR) is 76.6 cm³/mol. The van der Waals surface area contributed by atoms with Gasteiger partial charge in [-0.1, -0.05) is 18.6 Å². The summed E-state index contributed by atoms with van der Waals surface area (Å²) in [5.41, 5.74) is 1.81. The molecule has 5 heteroatoms. The molecule has 1 aromatic carbocycles. The van der Waals surface area contributed by atoms with Gasteiger partial charge in [0.05, 0.1) is 7.11 Å². The molecular weight excluding hydrogens is 258 g/mol. The average Bonchev–Trinajstić information content (AvgIpc) is 2.42. The lowest BCUT2D eigenvalue weighted by molar-refractivity contribution is -0.141. The van der Waals surface area contributed by atoms with Gasteiger partial charge in [0.25, 0.3) is 0 Å². The fraction of sp³-hybridized carbons (Fsp3) is 0.333. The number of methoxy groups -OCH3 is 1. The van der Waals surface area contributed by atoms with Crippen LogP contribution < -0.4 is 10.1 Å². The van der Waals surface area contributed by atoms with Crippen molar-refractivity contribution in [2.45, 2.75) is 26.3 Å². The minimum atomic E-state index is -1.04. The highest BCUT2D eigenvalue weighted by molar-refractivity contribution is 5.94. The van der Waals surface area contributed by atoms with Crippen LogP contribution in [0.4, 0.5) is 0 Å². The molecule has 0 radical (unpaired) electrons. The fourth-order valence-corrected chi connectivity index (χ4v) is 1.71. The molecule has 1 amide bonds. The van der Waals surface area contributed by atoms with Crippen LogP contribution in [0, 0.1) is 6.92 Å². The number of hydrogen-bond donors (Lipinski definition) is 2. The second-order valence-electron chi connectivity index (χ2n) is 4.39. The summed E-state index contributed by atoms with van der Waals surface area (Å²) in [6.45, 7) is 3.64. The van der Waals surface area contributed by atoms with Crippen LogP contribution in [-0.2, 0) is 9.59 Å². The Hall–Kier alpha value is -2.30. The molecule has 0 aliphatic heterocycles. The zero-order valence-corrected chi connectivity index (χ0v) is 11.8. The zero-order chi connectivity index (χ0) is 15.1. The number of amides is 1. The van der Waals surface area contributed by atoms with Crippen LogP contribution in [0.25, 0.3) is 6.08 Å². The maximum Gasteiger partial charge on any atom is 0.326 e. The molecule has 5 nitrogen and oxygen atoms in total. The molecule has 0 aromatic heterocycles. The van der Waals surface area contributed by atoms with E-state index in [0.29, 0.717) is 12.2 Å². The van der Waals surface area contributed by atoms with Gasteiger partial charge in [-0.05, 0) is 31.6 Å². The Kier molecular flexibility index (Phi) is 5.77. The molecule has 108 valence electrons. The topological polar surface area (TPSA) is 75.6 Å². The van der Waals surface area contributed by atoms with E-state index in [4.69, 9.17) is 9.84 Å². The number of carboxylic acids is 1. The Bertz CT molecular complexity index is 523. The Morgan fingerprint density at radius 2 is 2.15 bits per heavy atom. The van der Waals surface area contributed by atoms with E-state index in [1.807, 2.05) is 25.1 Å². The van der Waals surface area contributed by atoms with Crippen molar-refractivity contribution >= 4 is 18.0 Å². The van der Waals surface area contributed by atoms with E-state index in [1.54, 1.807) is 20.1 Å². The summed E-state index contributed by atoms with van der Waals surface area (Å²) < 4.78 is 5.20. The second-order valence-corrected chi connectivity index (χ2v) is 4.39. The van der Waals surface area contributed by atoms with Crippen molar-refractivity contribution in [3.63, 3.8) is 0 Å². The smallest absolute Gasteiger partial charge is 0.326 e. The number of benzene rings is 1. The zero-order valence-electron chi connectivity index (χ0n) is 11.8. The molecule has 0 saturated heterocycles. The first kappa shape index (κ1) is 15.8. The standard InChI is InChI=1S/C15H19NO4/c1-4-12(15(18)19)16-14(17)8-6-11-9-10(2)5-7-13(11)20-3/h5-9,12H,4H2,1-3H3,(H,16,17)(H,18,19)/t12-/m1/s1. The molecule has 0 fully saturated rings. The molecule has 1 rings (SSSR count). The van der Waals surface area contributed by atoms with Gasteiger partial charge in [0.1, 0.15) is 11.8 Å². The van der Waals surface area contributed by atoms with Gasteiger partial charge in [-0.15, -0.1) is 0 Å². The first-order valence-corrected chi connectivity index (χ1v) is 6.34. The summed E-state index contributed by atoms with van der Waals surface area (Å²) in [6, 6.07) is 4.75. The number of carbonyl (C=O) groups is 2. The first-order valence-electron chi connectivity index (χ1n) is 6.34. The first-order chi connectivity index (χ1) is 9.47. The third-order valence-corrected chi connectivity index (χ3v) is 2.82. The molecule has 1 aromatic rings. The van der Waals surface area contributed by atoms with Crippen LogP contribution in [0.5, 0.6) is 5.75 Å². The van der Waals surface area contributed by atoms with Crippen molar-refractivity contribution < 1.29 is 19.4 Å². The number of carbonyl (C=O) groups excluding carboxylic acids is 1. The lowest BCUT2D eigenvalue weighted by atomic mass is 10.1. The number of aliphatic carboxylic acids is 1. The number of hydrogen-bond acceptors (Lipinski definition) is 3. The summed E-state index contributed by atoms with van der Waals surface area (Å²) in [5, 5.41) is 11.3. The molecule has 2 N–H and O–H groups in total. The molecule has 20 heavy (non-hydrogen) atoms. The van der Waals surface area contributed by atoms with Crippen molar-refractivity contribution in [2.75, 3.05) is 7.11 Å². The molecule has 0 bridgehead atoms. The van der Waals surface area contributed by atoms with E-state index in [2.05, 4.69) is 5.32 Å². The van der Waals surface area contributed by atoms with Crippen LogP contribution in [0.2, 0.25) is 0 Å². The number of carboxylic acid groups (broad SMARTS) is 1. The summed E-state index contributed by atoms with van der Waals surface area (Å²) >= 11 is 0. The molecule has 0 aliphatic rings. The molecular formula is C15H19NO4. The summed E-state index contributed by atoms with van der Waals surface area (Å²) in [5.74, 6) is -0.824. The molecule has 0 aliphatic carbocycles. The molecule has 0 spiro atoms. The summed E-state index contributed by atoms with van der Waals surface area (Å²) in [4.78, 5) is 22.5. The van der Waals surface area contributed by atoms with Crippen molar-refractivity contribution in [1.82, 2.24) is 5.32 Å². The fourth-order valence-electron chi connectivity index (χ4n) is 1.71. The van der Waals surface area contributed by atoms with Crippen LogP contribution in [0.15, 0.2) is 24.3 Å². The minimum absolute atomic E-state index is 0.336. The van der Waals surface area contributed by atoms with E-state index in [9.17, 15) is 9.59 Å². The van der Waals surface area contributed by atoms with Crippen molar-refractivity contribution in [2.24, 2.45) is 0 Å². The van der Waals surface area contributed by atoms with Gasteiger partial charge in [0.2, 0.25) is 5.91 Å². The number of nitrogens with one attached hydrogen (secondary N) is 1. The van der Waals surface area contributed by atoms with Crippen molar-refractivity contribution in [1.29, 1.82) is 0 Å². The van der Waals surface area contributed by atoms with E-state index < -0.39 is 17.9 Å². The maximum atomic E-state index is 11.7. The maximum absolute atomic E-state index is 11.7. The minimum Gasteiger partial charge on any atom is -0.496 e. The number of rotatable bonds is 6. The van der Waals surface area contributed by atoms with Gasteiger partial charge in [-0.3, -0.25) is 4.79 Å².